The molecule has 0 bridgehead atoms. The molecule has 0 saturated carbocycles. The highest BCUT2D eigenvalue weighted by Crippen LogP contribution is 2.50. The van der Waals surface area contributed by atoms with Gasteiger partial charge in [-0.1, -0.05) is 72.8 Å². The fourth-order valence-corrected chi connectivity index (χ4v) is 7.77. The molecule has 9 rings (SSSR count). The van der Waals surface area contributed by atoms with Crippen LogP contribution in [0.5, 0.6) is 0 Å². The van der Waals surface area contributed by atoms with Crippen LogP contribution in [0.3, 0.4) is 0 Å². The van der Waals surface area contributed by atoms with Crippen LogP contribution in [0.15, 0.2) is 97.1 Å². The Kier molecular flexibility index (Phi) is 3.27. The van der Waals surface area contributed by atoms with Crippen LogP contribution in [0, 0.1) is 11.3 Å². The third-order valence-corrected chi connectivity index (χ3v) is 9.07. The second-order valence-electron chi connectivity index (χ2n) is 9.62. The van der Waals surface area contributed by atoms with E-state index < -0.39 is 0 Å². The van der Waals surface area contributed by atoms with Crippen molar-refractivity contribution in [2.45, 2.75) is 0 Å². The number of rotatable bonds is 0. The molecule has 3 heterocycles. The first-order valence-corrected chi connectivity index (χ1v) is 12.9. The third kappa shape index (κ3) is 2.05. The summed E-state index contributed by atoms with van der Waals surface area (Å²) in [5.41, 5.74) is 4.36. The monoisotopic (exact) mass is 472 g/mol. The molecule has 0 aliphatic rings. The van der Waals surface area contributed by atoms with E-state index in [1.807, 2.05) is 17.4 Å². The number of nitriles is 1. The van der Waals surface area contributed by atoms with Gasteiger partial charge in [-0.05, 0) is 51.2 Å². The quantitative estimate of drug-likeness (QED) is 0.202. The Bertz CT molecular complexity index is 2430. The maximum Gasteiger partial charge on any atom is 0.0991 e. The van der Waals surface area contributed by atoms with Gasteiger partial charge in [0.05, 0.1) is 32.9 Å². The molecule has 0 unspecified atom stereocenters. The molecule has 0 N–H and O–H groups in total. The zero-order chi connectivity index (χ0) is 23.5. The number of benzene rings is 6. The fourth-order valence-electron chi connectivity index (χ4n) is 6.51. The largest absolute Gasteiger partial charge is 0.306 e. The summed E-state index contributed by atoms with van der Waals surface area (Å²) >= 11 is 1.90. The Hall–Kier alpha value is -4.65. The van der Waals surface area contributed by atoms with Gasteiger partial charge in [-0.15, -0.1) is 11.3 Å². The molecule has 0 saturated heterocycles. The van der Waals surface area contributed by atoms with Gasteiger partial charge < -0.3 is 4.40 Å². The number of nitrogens with zero attached hydrogens (tertiary/aromatic N) is 2. The summed E-state index contributed by atoms with van der Waals surface area (Å²) in [7, 11) is 0. The number of hydrogen-bond acceptors (Lipinski definition) is 2. The topological polar surface area (TPSA) is 28.2 Å². The lowest BCUT2D eigenvalue weighted by atomic mass is 9.97. The van der Waals surface area contributed by atoms with Crippen molar-refractivity contribution in [1.29, 1.82) is 5.26 Å². The van der Waals surface area contributed by atoms with Gasteiger partial charge in [0.2, 0.25) is 0 Å². The average molecular weight is 473 g/mol. The molecule has 36 heavy (non-hydrogen) atoms. The van der Waals surface area contributed by atoms with E-state index in [4.69, 9.17) is 0 Å². The van der Waals surface area contributed by atoms with E-state index in [0.717, 1.165) is 10.9 Å². The molecule has 0 aliphatic carbocycles. The second-order valence-corrected chi connectivity index (χ2v) is 10.7. The van der Waals surface area contributed by atoms with Gasteiger partial charge >= 0.3 is 0 Å². The number of thiophene rings is 1. The van der Waals surface area contributed by atoms with Gasteiger partial charge in [0.1, 0.15) is 0 Å². The molecule has 0 spiro atoms. The molecule has 164 valence electrons. The van der Waals surface area contributed by atoms with Crippen LogP contribution in [0.1, 0.15) is 5.56 Å². The first-order chi connectivity index (χ1) is 17.8. The lowest BCUT2D eigenvalue weighted by Crippen LogP contribution is -1.88. The smallest absolute Gasteiger partial charge is 0.0991 e. The van der Waals surface area contributed by atoms with E-state index >= 15 is 0 Å². The van der Waals surface area contributed by atoms with Crippen LogP contribution in [0.25, 0.3) is 79.8 Å². The highest BCUT2D eigenvalue weighted by Gasteiger charge is 2.24. The predicted molar refractivity (Wildman–Crippen MR) is 154 cm³/mol. The Labute approximate surface area is 209 Å². The van der Waals surface area contributed by atoms with E-state index in [2.05, 4.69) is 101 Å². The SMILES string of the molecule is N#Cc1ccc2c(c1)c1cccc3ccc4sc5c6c7ccccc7c7ccccc7c6n2c5c4c31. The fraction of sp³-hybridized carbons (Fsp3) is 0. The maximum absolute atomic E-state index is 9.78. The van der Waals surface area contributed by atoms with Gasteiger partial charge in [0.15, 0.2) is 0 Å². The predicted octanol–water partition coefficient (Wildman–Crippen LogP) is 9.38. The van der Waals surface area contributed by atoms with Gasteiger partial charge in [-0.3, -0.25) is 0 Å². The molecular weight excluding hydrogens is 456 g/mol. The van der Waals surface area contributed by atoms with Crippen molar-refractivity contribution in [2.24, 2.45) is 0 Å². The summed E-state index contributed by atoms with van der Waals surface area (Å²) in [4.78, 5) is 0. The molecule has 3 aromatic heterocycles. The van der Waals surface area contributed by atoms with Crippen molar-refractivity contribution in [2.75, 3.05) is 0 Å². The van der Waals surface area contributed by atoms with Crippen LogP contribution < -0.4 is 0 Å². The number of fused-ring (bicyclic) bond motifs is 11. The molecule has 6 aromatic carbocycles. The third-order valence-electron chi connectivity index (χ3n) is 7.91. The summed E-state index contributed by atoms with van der Waals surface area (Å²) in [5, 5.41) is 22.4. The van der Waals surface area contributed by atoms with Crippen LogP contribution in [0.2, 0.25) is 0 Å². The van der Waals surface area contributed by atoms with Crippen molar-refractivity contribution >= 4 is 91.1 Å². The zero-order valence-corrected chi connectivity index (χ0v) is 19.9. The summed E-state index contributed by atoms with van der Waals surface area (Å²) < 4.78 is 5.14. The van der Waals surface area contributed by atoms with E-state index in [0.29, 0.717) is 5.56 Å². The van der Waals surface area contributed by atoms with Crippen molar-refractivity contribution in [3.8, 4) is 6.07 Å². The van der Waals surface area contributed by atoms with Crippen LogP contribution >= 0.6 is 11.3 Å². The first kappa shape index (κ1) is 18.6. The Morgan fingerprint density at radius 3 is 2.14 bits per heavy atom. The maximum atomic E-state index is 9.78. The van der Waals surface area contributed by atoms with Gasteiger partial charge in [0, 0.05) is 31.6 Å². The van der Waals surface area contributed by atoms with Crippen LogP contribution in [-0.2, 0) is 0 Å². The Balaban J connectivity index is 1.79. The highest BCUT2D eigenvalue weighted by molar-refractivity contribution is 7.27. The first-order valence-electron chi connectivity index (χ1n) is 12.1. The van der Waals surface area contributed by atoms with Crippen molar-refractivity contribution in [1.82, 2.24) is 4.40 Å². The minimum atomic E-state index is 0.685. The van der Waals surface area contributed by atoms with E-state index in [1.165, 1.54) is 68.9 Å². The lowest BCUT2D eigenvalue weighted by Gasteiger charge is -2.09. The molecule has 0 radical (unpaired) electrons. The van der Waals surface area contributed by atoms with E-state index in [1.54, 1.807) is 0 Å². The molecule has 2 nitrogen and oxygen atoms in total. The van der Waals surface area contributed by atoms with Crippen molar-refractivity contribution in [3.05, 3.63) is 103 Å². The molecule has 0 atom stereocenters. The molecule has 0 amide bonds. The van der Waals surface area contributed by atoms with Gasteiger partial charge in [0.25, 0.3) is 0 Å². The summed E-state index contributed by atoms with van der Waals surface area (Å²) in [6.07, 6.45) is 0. The average Bonchev–Trinajstić information content (AvgIpc) is 3.43. The van der Waals surface area contributed by atoms with Crippen LogP contribution in [0.4, 0.5) is 0 Å². The summed E-state index contributed by atoms with van der Waals surface area (Å²) in [5.74, 6) is 0. The Morgan fingerprint density at radius 2 is 1.31 bits per heavy atom. The summed E-state index contributed by atoms with van der Waals surface area (Å²) in [6, 6.07) is 37.2. The standard InChI is InChI=1S/C33H16N2S/c34-17-18-12-14-26-25(16-18)23-11-5-6-19-13-15-27-30(28(19)23)32-33(36-27)29-22-9-3-1-7-20(22)21-8-2-4-10-24(21)31(29)35(26)32/h1-16H. The van der Waals surface area contributed by atoms with Gasteiger partial charge in [-0.25, -0.2) is 0 Å². The Morgan fingerprint density at radius 1 is 0.583 bits per heavy atom. The molecule has 3 heteroatoms. The molecule has 0 aliphatic heterocycles. The van der Waals surface area contributed by atoms with Gasteiger partial charge in [-0.2, -0.15) is 5.26 Å². The van der Waals surface area contributed by atoms with Crippen molar-refractivity contribution < 1.29 is 0 Å². The highest BCUT2D eigenvalue weighted by atomic mass is 32.1. The molecular formula is C33H16N2S. The summed E-state index contributed by atoms with van der Waals surface area (Å²) in [6.45, 7) is 0. The second kappa shape index (κ2) is 6.31. The normalized spacial score (nSPS) is 12.4. The molecule has 0 fully saturated rings. The molecule has 9 aromatic rings. The minimum absolute atomic E-state index is 0.685. The zero-order valence-electron chi connectivity index (χ0n) is 19.0. The van der Waals surface area contributed by atoms with E-state index in [9.17, 15) is 5.26 Å². The number of aromatic nitrogens is 1. The van der Waals surface area contributed by atoms with E-state index in [-0.39, 0.29) is 0 Å². The van der Waals surface area contributed by atoms with Crippen molar-refractivity contribution in [3.63, 3.8) is 0 Å². The van der Waals surface area contributed by atoms with Crippen LogP contribution in [-0.4, -0.2) is 4.40 Å². The number of hydrogen-bond donors (Lipinski definition) is 0. The lowest BCUT2D eigenvalue weighted by molar-refractivity contribution is 1.37. The minimum Gasteiger partial charge on any atom is -0.306 e.